The Labute approximate surface area is 163 Å². The Morgan fingerprint density at radius 3 is 2.54 bits per heavy atom. The lowest BCUT2D eigenvalue weighted by Crippen LogP contribution is -2.30. The first-order chi connectivity index (χ1) is 13.5. The van der Waals surface area contributed by atoms with Crippen LogP contribution >= 0.6 is 0 Å². The fourth-order valence-electron chi connectivity index (χ4n) is 3.52. The molecule has 2 aromatic carbocycles. The first-order valence-electron chi connectivity index (χ1n) is 9.29. The van der Waals surface area contributed by atoms with Gasteiger partial charge in [-0.3, -0.25) is 9.10 Å². The standard InChI is InChI=1S/C20H21N3O4S/c1-2-23(15-8-4-3-5-9-15)28(25,26)16-10-11-18-17(14-16)19(21-27-18)20(24)22-12-6-7-13-22/h3-5,8-11,14H,2,6-7,12-13H2,1H3. The minimum absolute atomic E-state index is 0.101. The van der Waals surface area contributed by atoms with E-state index < -0.39 is 10.0 Å². The summed E-state index contributed by atoms with van der Waals surface area (Å²) in [5, 5.41) is 4.33. The molecule has 28 heavy (non-hydrogen) atoms. The minimum Gasteiger partial charge on any atom is -0.355 e. The number of sulfonamides is 1. The van der Waals surface area contributed by atoms with E-state index >= 15 is 0 Å². The van der Waals surface area contributed by atoms with Crippen LogP contribution in [0.3, 0.4) is 0 Å². The van der Waals surface area contributed by atoms with Crippen LogP contribution in [0.25, 0.3) is 11.0 Å². The Kier molecular flexibility index (Phi) is 4.80. The van der Waals surface area contributed by atoms with E-state index in [4.69, 9.17) is 4.52 Å². The molecule has 1 aromatic heterocycles. The quantitative estimate of drug-likeness (QED) is 0.657. The molecule has 146 valence electrons. The Morgan fingerprint density at radius 1 is 1.14 bits per heavy atom. The van der Waals surface area contributed by atoms with Gasteiger partial charge in [0.1, 0.15) is 0 Å². The summed E-state index contributed by atoms with van der Waals surface area (Å²) in [6.45, 7) is 3.43. The molecule has 7 nitrogen and oxygen atoms in total. The predicted molar refractivity (Wildman–Crippen MR) is 106 cm³/mol. The van der Waals surface area contributed by atoms with E-state index in [9.17, 15) is 13.2 Å². The topological polar surface area (TPSA) is 83.7 Å². The van der Waals surface area contributed by atoms with Gasteiger partial charge in [-0.25, -0.2) is 8.42 Å². The molecule has 8 heteroatoms. The fraction of sp³-hybridized carbons (Fsp3) is 0.300. The van der Waals surface area contributed by atoms with Crippen LogP contribution in [0.15, 0.2) is 57.9 Å². The van der Waals surface area contributed by atoms with Gasteiger partial charge in [0.05, 0.1) is 16.0 Å². The molecule has 2 heterocycles. The van der Waals surface area contributed by atoms with Crippen LogP contribution < -0.4 is 4.31 Å². The van der Waals surface area contributed by atoms with Gasteiger partial charge in [-0.2, -0.15) is 0 Å². The van der Waals surface area contributed by atoms with Crippen LogP contribution in [0.4, 0.5) is 5.69 Å². The summed E-state index contributed by atoms with van der Waals surface area (Å²) < 4.78 is 33.1. The normalized spacial score (nSPS) is 14.5. The maximum Gasteiger partial charge on any atom is 0.276 e. The molecule has 0 radical (unpaired) electrons. The lowest BCUT2D eigenvalue weighted by molar-refractivity contribution is 0.0784. The third-order valence-corrected chi connectivity index (χ3v) is 6.86. The van der Waals surface area contributed by atoms with Crippen molar-refractivity contribution in [2.24, 2.45) is 0 Å². The van der Waals surface area contributed by atoms with E-state index in [1.54, 1.807) is 42.2 Å². The monoisotopic (exact) mass is 399 g/mol. The molecule has 1 aliphatic heterocycles. The zero-order chi connectivity index (χ0) is 19.7. The van der Waals surface area contributed by atoms with Gasteiger partial charge in [0.2, 0.25) is 0 Å². The zero-order valence-corrected chi connectivity index (χ0v) is 16.4. The van der Waals surface area contributed by atoms with Gasteiger partial charge >= 0.3 is 0 Å². The van der Waals surface area contributed by atoms with Gasteiger partial charge in [-0.05, 0) is 50.1 Å². The number of rotatable bonds is 5. The number of anilines is 1. The number of hydrogen-bond acceptors (Lipinski definition) is 5. The van der Waals surface area contributed by atoms with Gasteiger partial charge < -0.3 is 9.42 Å². The van der Waals surface area contributed by atoms with Gasteiger partial charge in [0, 0.05) is 19.6 Å². The van der Waals surface area contributed by atoms with Crippen LogP contribution in [0.1, 0.15) is 30.3 Å². The largest absolute Gasteiger partial charge is 0.355 e. The molecule has 0 unspecified atom stereocenters. The molecule has 1 saturated heterocycles. The predicted octanol–water partition coefficient (Wildman–Crippen LogP) is 3.28. The van der Waals surface area contributed by atoms with Crippen molar-refractivity contribution in [2.75, 3.05) is 23.9 Å². The van der Waals surface area contributed by atoms with E-state index in [1.807, 2.05) is 6.07 Å². The van der Waals surface area contributed by atoms with Crippen molar-refractivity contribution in [3.05, 3.63) is 54.2 Å². The lowest BCUT2D eigenvalue weighted by atomic mass is 10.2. The Morgan fingerprint density at radius 2 is 1.86 bits per heavy atom. The van der Waals surface area contributed by atoms with Crippen molar-refractivity contribution in [2.45, 2.75) is 24.7 Å². The van der Waals surface area contributed by atoms with Gasteiger partial charge in [-0.1, -0.05) is 23.4 Å². The molecule has 1 aliphatic rings. The van der Waals surface area contributed by atoms with Crippen LogP contribution in [0.2, 0.25) is 0 Å². The van der Waals surface area contributed by atoms with E-state index in [-0.39, 0.29) is 23.0 Å². The summed E-state index contributed by atoms with van der Waals surface area (Å²) in [6, 6.07) is 13.4. The molecule has 0 spiro atoms. The molecular formula is C20H21N3O4S. The number of hydrogen-bond donors (Lipinski definition) is 0. The smallest absolute Gasteiger partial charge is 0.276 e. The summed E-state index contributed by atoms with van der Waals surface area (Å²) in [7, 11) is -3.80. The molecule has 0 atom stereocenters. The van der Waals surface area contributed by atoms with E-state index in [0.29, 0.717) is 29.7 Å². The second kappa shape index (κ2) is 7.27. The number of fused-ring (bicyclic) bond motifs is 1. The first-order valence-corrected chi connectivity index (χ1v) is 10.7. The molecule has 4 rings (SSSR count). The highest BCUT2D eigenvalue weighted by Crippen LogP contribution is 2.28. The Bertz CT molecular complexity index is 1100. The molecule has 1 fully saturated rings. The number of benzene rings is 2. The van der Waals surface area contributed by atoms with Crippen molar-refractivity contribution < 1.29 is 17.7 Å². The summed E-state index contributed by atoms with van der Waals surface area (Å²) in [4.78, 5) is 14.6. The molecule has 1 amide bonds. The van der Waals surface area contributed by atoms with Gasteiger partial charge in [0.15, 0.2) is 11.3 Å². The molecule has 0 bridgehead atoms. The van der Waals surface area contributed by atoms with Crippen molar-refractivity contribution in [1.82, 2.24) is 10.1 Å². The first kappa shape index (κ1) is 18.5. The highest BCUT2D eigenvalue weighted by atomic mass is 32.2. The SMILES string of the molecule is CCN(c1ccccc1)S(=O)(=O)c1ccc2onc(C(=O)N3CCCC3)c2c1. The number of amides is 1. The van der Waals surface area contributed by atoms with Crippen molar-refractivity contribution in [1.29, 1.82) is 0 Å². The minimum atomic E-state index is -3.80. The van der Waals surface area contributed by atoms with E-state index in [1.165, 1.54) is 16.4 Å². The van der Waals surface area contributed by atoms with Crippen molar-refractivity contribution in [3.63, 3.8) is 0 Å². The maximum absolute atomic E-state index is 13.2. The van der Waals surface area contributed by atoms with E-state index in [2.05, 4.69) is 5.16 Å². The molecular weight excluding hydrogens is 378 g/mol. The zero-order valence-electron chi connectivity index (χ0n) is 15.5. The highest BCUT2D eigenvalue weighted by Gasteiger charge is 2.28. The summed E-state index contributed by atoms with van der Waals surface area (Å²) in [5.41, 5.74) is 1.14. The van der Waals surface area contributed by atoms with Crippen LogP contribution in [-0.2, 0) is 10.0 Å². The number of aromatic nitrogens is 1. The van der Waals surface area contributed by atoms with Crippen LogP contribution in [0, 0.1) is 0 Å². The second-order valence-corrected chi connectivity index (χ2v) is 8.56. The number of likely N-dealkylation sites (tertiary alicyclic amines) is 1. The lowest BCUT2D eigenvalue weighted by Gasteiger charge is -2.22. The summed E-state index contributed by atoms with van der Waals surface area (Å²) in [6.07, 6.45) is 1.92. The Balaban J connectivity index is 1.76. The number of nitrogens with zero attached hydrogens (tertiary/aromatic N) is 3. The van der Waals surface area contributed by atoms with Crippen LogP contribution in [0.5, 0.6) is 0 Å². The average molecular weight is 399 g/mol. The maximum atomic E-state index is 13.2. The highest BCUT2D eigenvalue weighted by molar-refractivity contribution is 7.92. The number of carbonyl (C=O) groups is 1. The number of para-hydroxylation sites is 1. The summed E-state index contributed by atoms with van der Waals surface area (Å²) in [5.74, 6) is -0.221. The molecule has 0 aliphatic carbocycles. The number of carbonyl (C=O) groups excluding carboxylic acids is 1. The fourth-order valence-corrected chi connectivity index (χ4v) is 5.02. The van der Waals surface area contributed by atoms with Crippen molar-refractivity contribution in [3.8, 4) is 0 Å². The summed E-state index contributed by atoms with van der Waals surface area (Å²) >= 11 is 0. The van der Waals surface area contributed by atoms with E-state index in [0.717, 1.165) is 12.8 Å². The molecule has 0 saturated carbocycles. The van der Waals surface area contributed by atoms with Gasteiger partial charge in [-0.15, -0.1) is 0 Å². The third-order valence-electron chi connectivity index (χ3n) is 4.96. The van der Waals surface area contributed by atoms with Gasteiger partial charge in [0.25, 0.3) is 15.9 Å². The average Bonchev–Trinajstić information content (AvgIpc) is 3.38. The molecule has 0 N–H and O–H groups in total. The second-order valence-electron chi connectivity index (χ2n) is 6.69. The van der Waals surface area contributed by atoms with Crippen LogP contribution in [-0.4, -0.2) is 44.0 Å². The molecule has 3 aromatic rings. The third kappa shape index (κ3) is 3.13. The van der Waals surface area contributed by atoms with Crippen molar-refractivity contribution >= 4 is 32.6 Å². The Hall–Kier alpha value is -2.87.